The van der Waals surface area contributed by atoms with Crippen LogP contribution in [0, 0.1) is 20.8 Å². The lowest BCUT2D eigenvalue weighted by atomic mass is 10.0. The Morgan fingerprint density at radius 3 is 2.61 bits per heavy atom. The molecule has 1 saturated heterocycles. The normalized spacial score (nSPS) is 16.0. The van der Waals surface area contributed by atoms with Crippen LogP contribution in [0.25, 0.3) is 0 Å². The zero-order valence-electron chi connectivity index (χ0n) is 20.4. The van der Waals surface area contributed by atoms with Crippen LogP contribution < -0.4 is 21.7 Å². The molecule has 0 radical (unpaired) electrons. The van der Waals surface area contributed by atoms with Crippen molar-refractivity contribution < 1.29 is 23.5 Å². The fourth-order valence-electron chi connectivity index (χ4n) is 4.17. The zero-order chi connectivity index (χ0) is 26.0. The average molecular weight is 512 g/mol. The number of carbonyl (C=O) groups is 3. The van der Waals surface area contributed by atoms with Gasteiger partial charge >= 0.3 is 0 Å². The summed E-state index contributed by atoms with van der Waals surface area (Å²) in [4.78, 5) is 40.9. The third-order valence-electron chi connectivity index (χ3n) is 6.06. The molecule has 3 aromatic rings. The van der Waals surface area contributed by atoms with Gasteiger partial charge < -0.3 is 25.9 Å². The molecular weight excluding hydrogens is 482 g/mol. The topological polar surface area (TPSA) is 154 Å². The van der Waals surface area contributed by atoms with Gasteiger partial charge in [-0.3, -0.25) is 19.3 Å². The van der Waals surface area contributed by atoms with E-state index in [0.717, 1.165) is 35.5 Å². The molecule has 2 aromatic heterocycles. The third kappa shape index (κ3) is 5.12. The molecule has 0 bridgehead atoms. The Labute approximate surface area is 212 Å². The molecular formula is C25H29N5O5S. The highest BCUT2D eigenvalue weighted by Gasteiger charge is 2.38. The first-order chi connectivity index (χ1) is 17.2. The summed E-state index contributed by atoms with van der Waals surface area (Å²) in [6.07, 6.45) is 1.69. The summed E-state index contributed by atoms with van der Waals surface area (Å²) < 4.78 is 15.5. The third-order valence-corrected chi connectivity index (χ3v) is 6.91. The van der Waals surface area contributed by atoms with Crippen molar-refractivity contribution in [1.82, 2.24) is 9.69 Å². The second-order valence-electron chi connectivity index (χ2n) is 8.83. The molecule has 3 heterocycles. The summed E-state index contributed by atoms with van der Waals surface area (Å²) >= 11 is 0.760. The van der Waals surface area contributed by atoms with Crippen LogP contribution in [-0.2, 0) is 9.53 Å². The molecule has 3 amide bonds. The Bertz CT molecular complexity index is 1290. The summed E-state index contributed by atoms with van der Waals surface area (Å²) in [7, 11) is 0. The number of nitrogens with zero attached hydrogens (tertiary/aromatic N) is 2. The van der Waals surface area contributed by atoms with Gasteiger partial charge in [0.15, 0.2) is 11.7 Å². The number of primary amides is 1. The van der Waals surface area contributed by atoms with E-state index < -0.39 is 23.8 Å². The molecule has 2 atom stereocenters. The Hall–Kier alpha value is -3.70. The van der Waals surface area contributed by atoms with Gasteiger partial charge in [-0.1, -0.05) is 12.1 Å². The van der Waals surface area contributed by atoms with Gasteiger partial charge in [-0.25, -0.2) is 0 Å². The largest absolute Gasteiger partial charge is 0.464 e. The predicted octanol–water partition coefficient (Wildman–Crippen LogP) is 3.03. The summed E-state index contributed by atoms with van der Waals surface area (Å²) in [6.45, 7) is 6.45. The van der Waals surface area contributed by atoms with Gasteiger partial charge in [0.05, 0.1) is 11.8 Å². The lowest BCUT2D eigenvalue weighted by molar-refractivity contribution is -0.123. The van der Waals surface area contributed by atoms with Crippen molar-refractivity contribution in [2.45, 2.75) is 45.8 Å². The maximum Gasteiger partial charge on any atom is 0.273 e. The summed E-state index contributed by atoms with van der Waals surface area (Å²) in [5.74, 6) is -1.01. The smallest absolute Gasteiger partial charge is 0.273 e. The number of rotatable bonds is 8. The van der Waals surface area contributed by atoms with E-state index in [0.29, 0.717) is 24.6 Å². The molecule has 0 spiro atoms. The molecule has 1 fully saturated rings. The highest BCUT2D eigenvalue weighted by molar-refractivity contribution is 7.09. The van der Waals surface area contributed by atoms with Gasteiger partial charge in [0, 0.05) is 18.8 Å². The number of nitrogen functional groups attached to an aromatic ring is 1. The van der Waals surface area contributed by atoms with Crippen molar-refractivity contribution in [3.05, 3.63) is 63.6 Å². The number of hydrogen-bond acceptors (Lipinski definition) is 8. The van der Waals surface area contributed by atoms with E-state index in [2.05, 4.69) is 9.69 Å². The van der Waals surface area contributed by atoms with Gasteiger partial charge in [-0.05, 0) is 74.5 Å². The van der Waals surface area contributed by atoms with E-state index >= 15 is 0 Å². The summed E-state index contributed by atoms with van der Waals surface area (Å²) in [5, 5.41) is 2.93. The SMILES string of the molecule is Cc1ccc(C)c(N(C(=O)c2snc(C(N)=O)c2N)[C@H](C(=O)NC[C@H]2CCCO2)c2ccc(C)o2)c1. The minimum atomic E-state index is -1.16. The summed E-state index contributed by atoms with van der Waals surface area (Å²) in [6, 6.07) is 7.83. The van der Waals surface area contributed by atoms with E-state index in [1.165, 1.54) is 4.90 Å². The number of aromatic nitrogens is 1. The van der Waals surface area contributed by atoms with E-state index in [1.807, 2.05) is 32.0 Å². The Morgan fingerprint density at radius 2 is 2.00 bits per heavy atom. The van der Waals surface area contributed by atoms with E-state index in [-0.39, 0.29) is 28.1 Å². The van der Waals surface area contributed by atoms with Crippen LogP contribution in [0.3, 0.4) is 0 Å². The first-order valence-corrected chi connectivity index (χ1v) is 12.4. The van der Waals surface area contributed by atoms with Crippen LogP contribution in [0.5, 0.6) is 0 Å². The molecule has 0 aliphatic carbocycles. The second kappa shape index (κ2) is 10.5. The van der Waals surface area contributed by atoms with Crippen LogP contribution in [0.4, 0.5) is 11.4 Å². The maximum atomic E-state index is 14.1. The quantitative estimate of drug-likeness (QED) is 0.420. The Balaban J connectivity index is 1.83. The van der Waals surface area contributed by atoms with E-state index in [9.17, 15) is 14.4 Å². The Kier molecular flexibility index (Phi) is 7.41. The van der Waals surface area contributed by atoms with Gasteiger partial charge in [0.2, 0.25) is 0 Å². The van der Waals surface area contributed by atoms with Crippen molar-refractivity contribution in [2.75, 3.05) is 23.8 Å². The number of nitrogens with one attached hydrogen (secondary N) is 1. The lowest BCUT2D eigenvalue weighted by Gasteiger charge is -2.31. The van der Waals surface area contributed by atoms with Crippen molar-refractivity contribution in [2.24, 2.45) is 5.73 Å². The molecule has 36 heavy (non-hydrogen) atoms. The predicted molar refractivity (Wildman–Crippen MR) is 136 cm³/mol. The van der Waals surface area contributed by atoms with Crippen LogP contribution in [0.15, 0.2) is 34.7 Å². The molecule has 1 aromatic carbocycles. The molecule has 5 N–H and O–H groups in total. The van der Waals surface area contributed by atoms with Crippen LogP contribution >= 0.6 is 11.5 Å². The van der Waals surface area contributed by atoms with Gasteiger partial charge in [0.25, 0.3) is 17.7 Å². The number of benzene rings is 1. The molecule has 0 unspecified atom stereocenters. The molecule has 4 rings (SSSR count). The minimum absolute atomic E-state index is 0.00455. The highest BCUT2D eigenvalue weighted by Crippen LogP contribution is 2.36. The first-order valence-electron chi connectivity index (χ1n) is 11.6. The second-order valence-corrected chi connectivity index (χ2v) is 9.61. The average Bonchev–Trinajstić information content (AvgIpc) is 3.58. The molecule has 11 heteroatoms. The molecule has 1 aliphatic heterocycles. The zero-order valence-corrected chi connectivity index (χ0v) is 21.2. The molecule has 0 saturated carbocycles. The van der Waals surface area contributed by atoms with Crippen LogP contribution in [-0.4, -0.2) is 41.4 Å². The van der Waals surface area contributed by atoms with E-state index in [1.54, 1.807) is 19.1 Å². The fraction of sp³-hybridized carbons (Fsp3) is 0.360. The van der Waals surface area contributed by atoms with Gasteiger partial charge in [-0.15, -0.1) is 0 Å². The van der Waals surface area contributed by atoms with Crippen molar-refractivity contribution >= 4 is 40.6 Å². The number of nitrogens with two attached hydrogens (primary N) is 2. The molecule has 1 aliphatic rings. The van der Waals surface area contributed by atoms with Crippen molar-refractivity contribution in [3.63, 3.8) is 0 Å². The fourth-order valence-corrected chi connectivity index (χ4v) is 4.92. The number of furan rings is 1. The number of anilines is 2. The number of ether oxygens (including phenoxy) is 1. The van der Waals surface area contributed by atoms with Gasteiger partial charge in [0.1, 0.15) is 16.4 Å². The minimum Gasteiger partial charge on any atom is -0.464 e. The van der Waals surface area contributed by atoms with Crippen molar-refractivity contribution in [3.8, 4) is 0 Å². The monoisotopic (exact) mass is 511 g/mol. The standard InChI is InChI=1S/C25H29N5O5S/c1-13-6-7-14(2)17(11-13)30(25(33)22-19(26)20(23(27)31)29-36-22)21(18-9-8-15(3)35-18)24(32)28-12-16-5-4-10-34-16/h6-9,11,16,21H,4-5,10,12,26H2,1-3H3,(H2,27,31)(H,28,32)/t16-,21+/m1/s1. The summed E-state index contributed by atoms with van der Waals surface area (Å²) in [5.41, 5.74) is 13.3. The Morgan fingerprint density at radius 1 is 1.22 bits per heavy atom. The number of amides is 3. The lowest BCUT2D eigenvalue weighted by Crippen LogP contribution is -2.45. The highest BCUT2D eigenvalue weighted by atomic mass is 32.1. The molecule has 10 nitrogen and oxygen atoms in total. The van der Waals surface area contributed by atoms with E-state index in [4.69, 9.17) is 20.6 Å². The number of carbonyl (C=O) groups excluding carboxylic acids is 3. The number of hydrogen-bond donors (Lipinski definition) is 3. The van der Waals surface area contributed by atoms with Crippen LogP contribution in [0.2, 0.25) is 0 Å². The maximum absolute atomic E-state index is 14.1. The number of aryl methyl sites for hydroxylation is 3. The van der Waals surface area contributed by atoms with Crippen LogP contribution in [0.1, 0.15) is 61.7 Å². The van der Waals surface area contributed by atoms with Crippen molar-refractivity contribution in [1.29, 1.82) is 0 Å². The van der Waals surface area contributed by atoms with Gasteiger partial charge in [-0.2, -0.15) is 4.37 Å². The first kappa shape index (κ1) is 25.4. The molecule has 190 valence electrons.